The van der Waals surface area contributed by atoms with Crippen molar-refractivity contribution >= 4 is 11.5 Å². The van der Waals surface area contributed by atoms with Gasteiger partial charge in [0.05, 0.1) is 11.5 Å². The van der Waals surface area contributed by atoms with E-state index in [1.54, 1.807) is 0 Å². The Labute approximate surface area is 108 Å². The standard InChI is InChI=1S/C16H17NO/c1-16(2)11-18-15(17-16)14-10-6-9-13(14)12-7-4-3-5-8-12/h3-10,14H,11H2,1-2H3. The molecule has 1 aromatic carbocycles. The lowest BCUT2D eigenvalue weighted by molar-refractivity contribution is 0.272. The second-order valence-electron chi connectivity index (χ2n) is 5.40. The first-order valence-corrected chi connectivity index (χ1v) is 6.32. The molecule has 1 aromatic rings. The topological polar surface area (TPSA) is 21.6 Å². The molecule has 0 saturated heterocycles. The summed E-state index contributed by atoms with van der Waals surface area (Å²) in [6.45, 7) is 4.88. The molecule has 0 aromatic heterocycles. The van der Waals surface area contributed by atoms with Crippen molar-refractivity contribution in [3.05, 3.63) is 54.1 Å². The van der Waals surface area contributed by atoms with E-state index < -0.39 is 0 Å². The van der Waals surface area contributed by atoms with Crippen LogP contribution in [0.5, 0.6) is 0 Å². The lowest BCUT2D eigenvalue weighted by atomic mass is 9.95. The van der Waals surface area contributed by atoms with Gasteiger partial charge in [0.1, 0.15) is 6.61 Å². The van der Waals surface area contributed by atoms with Gasteiger partial charge in [-0.3, -0.25) is 0 Å². The Hall–Kier alpha value is -1.83. The summed E-state index contributed by atoms with van der Waals surface area (Å²) in [4.78, 5) is 4.68. The van der Waals surface area contributed by atoms with Crippen LogP contribution in [0, 0.1) is 5.92 Å². The number of nitrogens with zero attached hydrogens (tertiary/aromatic N) is 1. The SMILES string of the molecule is CC1(C)COC(C2C=CC=C2c2ccccc2)=N1. The zero-order valence-corrected chi connectivity index (χ0v) is 10.8. The van der Waals surface area contributed by atoms with E-state index in [9.17, 15) is 0 Å². The van der Waals surface area contributed by atoms with E-state index in [1.807, 2.05) is 6.07 Å². The average molecular weight is 239 g/mol. The van der Waals surface area contributed by atoms with E-state index in [4.69, 9.17) is 4.74 Å². The van der Waals surface area contributed by atoms with Gasteiger partial charge in [0.15, 0.2) is 5.90 Å². The van der Waals surface area contributed by atoms with Crippen molar-refractivity contribution in [3.63, 3.8) is 0 Å². The van der Waals surface area contributed by atoms with E-state index in [0.29, 0.717) is 6.61 Å². The largest absolute Gasteiger partial charge is 0.478 e. The van der Waals surface area contributed by atoms with Crippen molar-refractivity contribution in [1.82, 2.24) is 0 Å². The smallest absolute Gasteiger partial charge is 0.195 e. The molecular formula is C16H17NO. The number of rotatable bonds is 2. The van der Waals surface area contributed by atoms with Crippen molar-refractivity contribution in [2.75, 3.05) is 6.61 Å². The van der Waals surface area contributed by atoms with Crippen LogP contribution in [-0.4, -0.2) is 18.0 Å². The number of benzene rings is 1. The predicted octanol–water partition coefficient (Wildman–Crippen LogP) is 3.46. The van der Waals surface area contributed by atoms with Crippen LogP contribution < -0.4 is 0 Å². The van der Waals surface area contributed by atoms with Gasteiger partial charge in [0.25, 0.3) is 0 Å². The summed E-state index contributed by atoms with van der Waals surface area (Å²) in [6.07, 6.45) is 6.39. The first kappa shape index (κ1) is 11.3. The number of aliphatic imine (C=N–C) groups is 1. The molecule has 18 heavy (non-hydrogen) atoms. The van der Waals surface area contributed by atoms with Crippen molar-refractivity contribution in [1.29, 1.82) is 0 Å². The third-order valence-corrected chi connectivity index (χ3v) is 3.27. The van der Waals surface area contributed by atoms with Crippen LogP contribution in [0.15, 0.2) is 53.6 Å². The van der Waals surface area contributed by atoms with Crippen LogP contribution in [0.2, 0.25) is 0 Å². The Morgan fingerprint density at radius 1 is 1.22 bits per heavy atom. The van der Waals surface area contributed by atoms with Gasteiger partial charge in [-0.15, -0.1) is 0 Å². The second-order valence-corrected chi connectivity index (χ2v) is 5.40. The highest BCUT2D eigenvalue weighted by molar-refractivity contribution is 5.96. The summed E-state index contributed by atoms with van der Waals surface area (Å²) in [5.74, 6) is 1.03. The fraction of sp³-hybridized carbons (Fsp3) is 0.312. The Kier molecular flexibility index (Phi) is 2.58. The van der Waals surface area contributed by atoms with Crippen LogP contribution in [0.3, 0.4) is 0 Å². The molecule has 1 unspecified atom stereocenters. The maximum absolute atomic E-state index is 5.76. The molecule has 92 valence electrons. The minimum absolute atomic E-state index is 0.0897. The van der Waals surface area contributed by atoms with E-state index in [2.05, 4.69) is 61.3 Å². The zero-order chi connectivity index (χ0) is 12.6. The van der Waals surface area contributed by atoms with Crippen LogP contribution in [0.1, 0.15) is 19.4 Å². The van der Waals surface area contributed by atoms with E-state index in [0.717, 1.165) is 5.90 Å². The summed E-state index contributed by atoms with van der Waals surface area (Å²) in [7, 11) is 0. The molecular weight excluding hydrogens is 222 g/mol. The molecule has 3 rings (SSSR count). The summed E-state index contributed by atoms with van der Waals surface area (Å²) in [6, 6.07) is 10.4. The van der Waals surface area contributed by atoms with Gasteiger partial charge in [-0.2, -0.15) is 0 Å². The molecule has 0 saturated carbocycles. The van der Waals surface area contributed by atoms with Gasteiger partial charge in [0, 0.05) is 0 Å². The van der Waals surface area contributed by atoms with Crippen molar-refractivity contribution in [3.8, 4) is 0 Å². The molecule has 2 aliphatic rings. The molecule has 1 aliphatic heterocycles. The Bertz CT molecular complexity index is 537. The first-order valence-electron chi connectivity index (χ1n) is 6.32. The molecule has 0 fully saturated rings. The Balaban J connectivity index is 1.91. The van der Waals surface area contributed by atoms with E-state index in [-0.39, 0.29) is 11.5 Å². The number of hydrogen-bond donors (Lipinski definition) is 0. The summed E-state index contributed by atoms with van der Waals surface area (Å²) < 4.78 is 5.76. The minimum Gasteiger partial charge on any atom is -0.478 e. The molecule has 0 bridgehead atoms. The normalized spacial score (nSPS) is 24.7. The molecule has 2 heteroatoms. The van der Waals surface area contributed by atoms with Gasteiger partial charge < -0.3 is 4.74 Å². The van der Waals surface area contributed by atoms with E-state index >= 15 is 0 Å². The maximum atomic E-state index is 5.76. The fourth-order valence-electron chi connectivity index (χ4n) is 2.37. The molecule has 1 atom stereocenters. The van der Waals surface area contributed by atoms with Crippen LogP contribution in [0.4, 0.5) is 0 Å². The van der Waals surface area contributed by atoms with Crippen molar-refractivity contribution in [2.24, 2.45) is 10.9 Å². The highest BCUT2D eigenvalue weighted by Gasteiger charge is 2.32. The monoisotopic (exact) mass is 239 g/mol. The first-order chi connectivity index (χ1) is 8.66. The average Bonchev–Trinajstić information content (AvgIpc) is 2.96. The summed E-state index contributed by atoms with van der Waals surface area (Å²) in [5.41, 5.74) is 2.42. The Morgan fingerprint density at radius 2 is 2.00 bits per heavy atom. The molecule has 0 amide bonds. The lowest BCUT2D eigenvalue weighted by Crippen LogP contribution is -2.17. The fourth-order valence-corrected chi connectivity index (χ4v) is 2.37. The molecule has 0 spiro atoms. The summed E-state index contributed by atoms with van der Waals surface area (Å²) >= 11 is 0. The summed E-state index contributed by atoms with van der Waals surface area (Å²) in [5, 5.41) is 0. The third kappa shape index (κ3) is 1.99. The number of hydrogen-bond acceptors (Lipinski definition) is 2. The predicted molar refractivity (Wildman–Crippen MR) is 74.5 cm³/mol. The molecule has 2 nitrogen and oxygen atoms in total. The third-order valence-electron chi connectivity index (χ3n) is 3.27. The highest BCUT2D eigenvalue weighted by Crippen LogP contribution is 2.33. The zero-order valence-electron chi connectivity index (χ0n) is 10.8. The van der Waals surface area contributed by atoms with Gasteiger partial charge in [-0.05, 0) is 25.0 Å². The number of allylic oxidation sites excluding steroid dienone is 2. The van der Waals surface area contributed by atoms with E-state index in [1.165, 1.54) is 11.1 Å². The maximum Gasteiger partial charge on any atom is 0.195 e. The molecule has 1 heterocycles. The Morgan fingerprint density at radius 3 is 2.67 bits per heavy atom. The number of ether oxygens (including phenoxy) is 1. The highest BCUT2D eigenvalue weighted by atomic mass is 16.5. The van der Waals surface area contributed by atoms with Gasteiger partial charge in [-0.25, -0.2) is 4.99 Å². The van der Waals surface area contributed by atoms with Crippen LogP contribution >= 0.6 is 0 Å². The molecule has 1 aliphatic carbocycles. The van der Waals surface area contributed by atoms with Crippen molar-refractivity contribution in [2.45, 2.75) is 19.4 Å². The van der Waals surface area contributed by atoms with Gasteiger partial charge in [-0.1, -0.05) is 48.6 Å². The minimum atomic E-state index is -0.0897. The second kappa shape index (κ2) is 4.13. The van der Waals surface area contributed by atoms with Crippen LogP contribution in [-0.2, 0) is 4.74 Å². The van der Waals surface area contributed by atoms with Crippen molar-refractivity contribution < 1.29 is 4.74 Å². The molecule has 0 radical (unpaired) electrons. The lowest BCUT2D eigenvalue weighted by Gasteiger charge is -2.13. The quantitative estimate of drug-likeness (QED) is 0.774. The van der Waals surface area contributed by atoms with Crippen LogP contribution in [0.25, 0.3) is 5.57 Å². The molecule has 0 N–H and O–H groups in total. The van der Waals surface area contributed by atoms with Gasteiger partial charge >= 0.3 is 0 Å². The van der Waals surface area contributed by atoms with Gasteiger partial charge in [0.2, 0.25) is 0 Å².